The Kier molecular flexibility index (Phi) is 4.93. The summed E-state index contributed by atoms with van der Waals surface area (Å²) in [6.07, 6.45) is 5.73. The van der Waals surface area contributed by atoms with Crippen LogP contribution in [0.5, 0.6) is 0 Å². The fraction of sp³-hybridized carbons (Fsp3) is 0.450. The zero-order chi connectivity index (χ0) is 19.7. The van der Waals surface area contributed by atoms with Crippen molar-refractivity contribution in [2.24, 2.45) is 0 Å². The minimum Gasteiger partial charge on any atom is -0.373 e. The number of anilines is 1. The first-order valence-electron chi connectivity index (χ1n) is 9.62. The highest BCUT2D eigenvalue weighted by molar-refractivity contribution is 5.94. The highest BCUT2D eigenvalue weighted by Crippen LogP contribution is 2.34. The molecule has 146 valence electrons. The summed E-state index contributed by atoms with van der Waals surface area (Å²) in [4.78, 5) is 42.0. The number of amides is 2. The van der Waals surface area contributed by atoms with E-state index in [0.29, 0.717) is 37.4 Å². The van der Waals surface area contributed by atoms with Gasteiger partial charge in [0, 0.05) is 57.0 Å². The number of likely N-dealkylation sites (tertiary alicyclic amines) is 1. The molecule has 1 N–H and O–H groups in total. The van der Waals surface area contributed by atoms with Gasteiger partial charge >= 0.3 is 0 Å². The van der Waals surface area contributed by atoms with Crippen LogP contribution < -0.4 is 5.32 Å². The number of pyridine rings is 1. The van der Waals surface area contributed by atoms with E-state index in [4.69, 9.17) is 9.97 Å². The Morgan fingerprint density at radius 3 is 2.68 bits per heavy atom. The lowest BCUT2D eigenvalue weighted by molar-refractivity contribution is -0.129. The van der Waals surface area contributed by atoms with Gasteiger partial charge in [-0.3, -0.25) is 14.6 Å². The number of carbonyl (C=O) groups is 2. The second-order valence-electron chi connectivity index (χ2n) is 7.19. The smallest absolute Gasteiger partial charge is 0.254 e. The van der Waals surface area contributed by atoms with Crippen molar-refractivity contribution in [2.75, 3.05) is 25.5 Å². The Morgan fingerprint density at radius 2 is 1.96 bits per heavy atom. The van der Waals surface area contributed by atoms with Crippen LogP contribution in [0.4, 0.5) is 5.82 Å². The molecule has 0 bridgehead atoms. The van der Waals surface area contributed by atoms with Crippen molar-refractivity contribution >= 4 is 17.6 Å². The molecular formula is C20H24N6O2. The van der Waals surface area contributed by atoms with E-state index in [-0.39, 0.29) is 17.9 Å². The maximum absolute atomic E-state index is 13.0. The predicted molar refractivity (Wildman–Crippen MR) is 104 cm³/mol. The molecule has 2 aliphatic heterocycles. The SMILES string of the molecule is CNc1nc(C2CCCN2C(=O)c2ccncc2)nc2c1CN(C(C)=O)CC2. The normalized spacial score (nSPS) is 18.7. The summed E-state index contributed by atoms with van der Waals surface area (Å²) in [5.74, 6) is 1.47. The minimum atomic E-state index is -0.135. The number of hydrogen-bond donors (Lipinski definition) is 1. The molecule has 28 heavy (non-hydrogen) atoms. The largest absolute Gasteiger partial charge is 0.373 e. The quantitative estimate of drug-likeness (QED) is 0.873. The summed E-state index contributed by atoms with van der Waals surface area (Å²) in [6, 6.07) is 3.34. The third-order valence-electron chi connectivity index (χ3n) is 5.50. The Hall–Kier alpha value is -3.03. The lowest BCUT2D eigenvalue weighted by Crippen LogP contribution is -2.36. The summed E-state index contributed by atoms with van der Waals surface area (Å²) < 4.78 is 0. The average Bonchev–Trinajstić information content (AvgIpc) is 3.22. The van der Waals surface area contributed by atoms with Crippen molar-refractivity contribution in [2.45, 2.75) is 38.8 Å². The fourth-order valence-corrected chi connectivity index (χ4v) is 4.00. The molecule has 2 amide bonds. The van der Waals surface area contributed by atoms with E-state index in [2.05, 4.69) is 10.3 Å². The molecule has 2 aromatic rings. The molecule has 1 unspecified atom stereocenters. The monoisotopic (exact) mass is 380 g/mol. The Morgan fingerprint density at radius 1 is 1.18 bits per heavy atom. The minimum absolute atomic E-state index is 0.0139. The predicted octanol–water partition coefficient (Wildman–Crippen LogP) is 1.80. The molecule has 2 aromatic heterocycles. The molecule has 8 heteroatoms. The van der Waals surface area contributed by atoms with Crippen LogP contribution in [-0.4, -0.2) is 56.7 Å². The standard InChI is InChI=1S/C20H24N6O2/c1-13(27)25-11-7-16-15(12-25)18(21-2)24-19(23-16)17-4-3-10-26(17)20(28)14-5-8-22-9-6-14/h5-6,8-9,17H,3-4,7,10-12H2,1-2H3,(H,21,23,24). The van der Waals surface area contributed by atoms with Crippen molar-refractivity contribution in [1.29, 1.82) is 0 Å². The van der Waals surface area contributed by atoms with Crippen molar-refractivity contribution < 1.29 is 9.59 Å². The molecule has 0 aromatic carbocycles. The molecule has 2 aliphatic rings. The molecule has 1 saturated heterocycles. The van der Waals surface area contributed by atoms with Gasteiger partial charge in [0.25, 0.3) is 5.91 Å². The Bertz CT molecular complexity index is 884. The second kappa shape index (κ2) is 7.53. The van der Waals surface area contributed by atoms with Crippen LogP contribution in [0.3, 0.4) is 0 Å². The third-order valence-corrected chi connectivity index (χ3v) is 5.50. The lowest BCUT2D eigenvalue weighted by Gasteiger charge is -2.30. The first-order chi connectivity index (χ1) is 13.6. The topological polar surface area (TPSA) is 91.3 Å². The number of nitrogens with zero attached hydrogens (tertiary/aromatic N) is 5. The second-order valence-corrected chi connectivity index (χ2v) is 7.19. The van der Waals surface area contributed by atoms with Gasteiger partial charge in [0.05, 0.1) is 18.3 Å². The maximum Gasteiger partial charge on any atom is 0.254 e. The van der Waals surface area contributed by atoms with Crippen LogP contribution in [0.2, 0.25) is 0 Å². The molecular weight excluding hydrogens is 356 g/mol. The van der Waals surface area contributed by atoms with E-state index in [1.54, 1.807) is 36.4 Å². The molecule has 0 radical (unpaired) electrons. The van der Waals surface area contributed by atoms with Gasteiger partial charge in [-0.15, -0.1) is 0 Å². The molecule has 0 saturated carbocycles. The number of aromatic nitrogens is 3. The fourth-order valence-electron chi connectivity index (χ4n) is 4.00. The van der Waals surface area contributed by atoms with Crippen LogP contribution >= 0.6 is 0 Å². The van der Waals surface area contributed by atoms with Crippen LogP contribution in [-0.2, 0) is 17.8 Å². The summed E-state index contributed by atoms with van der Waals surface area (Å²) in [7, 11) is 1.83. The number of nitrogens with one attached hydrogen (secondary N) is 1. The van der Waals surface area contributed by atoms with E-state index in [1.165, 1.54) is 0 Å². The van der Waals surface area contributed by atoms with E-state index in [0.717, 1.165) is 29.9 Å². The highest BCUT2D eigenvalue weighted by atomic mass is 16.2. The van der Waals surface area contributed by atoms with Gasteiger partial charge < -0.3 is 15.1 Å². The van der Waals surface area contributed by atoms with Crippen LogP contribution in [0.1, 0.15) is 53.2 Å². The number of carbonyl (C=O) groups excluding carboxylic acids is 2. The number of hydrogen-bond acceptors (Lipinski definition) is 6. The van der Waals surface area contributed by atoms with Crippen molar-refractivity contribution in [3.63, 3.8) is 0 Å². The van der Waals surface area contributed by atoms with Crippen molar-refractivity contribution in [3.05, 3.63) is 47.2 Å². The Balaban J connectivity index is 1.65. The van der Waals surface area contributed by atoms with E-state index >= 15 is 0 Å². The van der Waals surface area contributed by atoms with Gasteiger partial charge in [-0.2, -0.15) is 0 Å². The molecule has 8 nitrogen and oxygen atoms in total. The van der Waals surface area contributed by atoms with Crippen LogP contribution in [0.25, 0.3) is 0 Å². The highest BCUT2D eigenvalue weighted by Gasteiger charge is 2.34. The molecule has 0 spiro atoms. The maximum atomic E-state index is 13.0. The summed E-state index contributed by atoms with van der Waals surface area (Å²) >= 11 is 0. The van der Waals surface area contributed by atoms with Gasteiger partial charge in [0.15, 0.2) is 5.82 Å². The van der Waals surface area contributed by atoms with Gasteiger partial charge in [0.1, 0.15) is 5.82 Å². The zero-order valence-corrected chi connectivity index (χ0v) is 16.2. The third kappa shape index (κ3) is 3.30. The van der Waals surface area contributed by atoms with Crippen LogP contribution in [0.15, 0.2) is 24.5 Å². The van der Waals surface area contributed by atoms with E-state index in [9.17, 15) is 9.59 Å². The average molecular weight is 380 g/mol. The first kappa shape index (κ1) is 18.3. The van der Waals surface area contributed by atoms with Gasteiger partial charge in [-0.1, -0.05) is 0 Å². The van der Waals surface area contributed by atoms with Gasteiger partial charge in [0.2, 0.25) is 5.91 Å². The summed E-state index contributed by atoms with van der Waals surface area (Å²) in [5, 5.41) is 3.15. The molecule has 0 aliphatic carbocycles. The molecule has 1 atom stereocenters. The van der Waals surface area contributed by atoms with E-state index in [1.807, 2.05) is 11.9 Å². The number of fused-ring (bicyclic) bond motifs is 1. The summed E-state index contributed by atoms with van der Waals surface area (Å²) in [6.45, 7) is 3.46. The van der Waals surface area contributed by atoms with Crippen molar-refractivity contribution in [3.8, 4) is 0 Å². The van der Waals surface area contributed by atoms with Gasteiger partial charge in [-0.05, 0) is 25.0 Å². The Labute approximate surface area is 164 Å². The lowest BCUT2D eigenvalue weighted by atomic mass is 10.0. The van der Waals surface area contributed by atoms with Gasteiger partial charge in [-0.25, -0.2) is 9.97 Å². The van der Waals surface area contributed by atoms with Crippen molar-refractivity contribution in [1.82, 2.24) is 24.8 Å². The summed E-state index contributed by atoms with van der Waals surface area (Å²) in [5.41, 5.74) is 2.57. The van der Waals surface area contributed by atoms with Crippen LogP contribution in [0, 0.1) is 0 Å². The molecule has 4 rings (SSSR count). The zero-order valence-electron chi connectivity index (χ0n) is 16.2. The number of rotatable bonds is 3. The van der Waals surface area contributed by atoms with E-state index < -0.39 is 0 Å². The first-order valence-corrected chi connectivity index (χ1v) is 9.62. The molecule has 4 heterocycles. The molecule has 1 fully saturated rings.